The molecule has 3 heterocycles. The van der Waals surface area contributed by atoms with Crippen molar-refractivity contribution in [1.29, 1.82) is 0 Å². The van der Waals surface area contributed by atoms with Gasteiger partial charge in [-0.05, 0) is 31.0 Å². The molecule has 2 fully saturated rings. The van der Waals surface area contributed by atoms with Crippen molar-refractivity contribution in [3.63, 3.8) is 0 Å². The van der Waals surface area contributed by atoms with Crippen LogP contribution in [0.25, 0.3) is 10.9 Å². The highest BCUT2D eigenvalue weighted by Gasteiger charge is 2.28. The van der Waals surface area contributed by atoms with Crippen LogP contribution in [0.1, 0.15) is 42.2 Å². The third-order valence-corrected chi connectivity index (χ3v) is 5.95. The van der Waals surface area contributed by atoms with Crippen LogP contribution in [0.4, 0.5) is 17.5 Å². The number of primary amides is 1. The van der Waals surface area contributed by atoms with Gasteiger partial charge in [0.2, 0.25) is 12.1 Å². The predicted molar refractivity (Wildman–Crippen MR) is 114 cm³/mol. The Morgan fingerprint density at radius 2 is 2.13 bits per heavy atom. The minimum absolute atomic E-state index is 0.0273. The Bertz CT molecular complexity index is 1110. The van der Waals surface area contributed by atoms with E-state index in [-0.39, 0.29) is 29.5 Å². The average Bonchev–Trinajstić information content (AvgIpc) is 3.11. The first-order valence-electron chi connectivity index (χ1n) is 10.5. The van der Waals surface area contributed by atoms with Crippen molar-refractivity contribution in [3.8, 4) is 0 Å². The fraction of sp³-hybridized carbons (Fsp3) is 0.450. The number of anilines is 3. The first-order valence-corrected chi connectivity index (χ1v) is 10.5. The van der Waals surface area contributed by atoms with E-state index in [2.05, 4.69) is 41.8 Å². The molecule has 1 amide bonds. The van der Waals surface area contributed by atoms with Crippen molar-refractivity contribution in [3.05, 3.63) is 30.1 Å². The van der Waals surface area contributed by atoms with Gasteiger partial charge in [-0.3, -0.25) is 4.79 Å². The zero-order valence-corrected chi connectivity index (χ0v) is 17.0. The molecular formula is C20H26N9O2+. The predicted octanol–water partition coefficient (Wildman–Crippen LogP) is 0.736. The van der Waals surface area contributed by atoms with E-state index in [1.54, 1.807) is 0 Å². The molecule has 7 N–H and O–H groups in total. The summed E-state index contributed by atoms with van der Waals surface area (Å²) in [7, 11) is 0. The smallest absolute Gasteiger partial charge is 0.273 e. The van der Waals surface area contributed by atoms with Crippen LogP contribution < -0.4 is 26.8 Å². The monoisotopic (exact) mass is 424 g/mol. The van der Waals surface area contributed by atoms with Crippen molar-refractivity contribution in [2.45, 2.75) is 43.8 Å². The quantitative estimate of drug-likeness (QED) is 0.362. The summed E-state index contributed by atoms with van der Waals surface area (Å²) in [6.45, 7) is 1.08. The second-order valence-corrected chi connectivity index (χ2v) is 8.14. The fourth-order valence-electron chi connectivity index (χ4n) is 3.91. The summed E-state index contributed by atoms with van der Waals surface area (Å²) in [5.41, 5.74) is 13.4. The van der Waals surface area contributed by atoms with Gasteiger partial charge in [0.25, 0.3) is 5.91 Å². The normalized spacial score (nSPS) is 21.6. The number of nitrogens with one attached hydrogen (secondary N) is 3. The second kappa shape index (κ2) is 8.08. The van der Waals surface area contributed by atoms with E-state index in [4.69, 9.17) is 16.2 Å². The number of hydrogen-bond donors (Lipinski definition) is 5. The Hall–Kier alpha value is -3.31. The first kappa shape index (κ1) is 19.6. The maximum atomic E-state index is 11.9. The van der Waals surface area contributed by atoms with Crippen molar-refractivity contribution in [2.75, 3.05) is 23.8 Å². The van der Waals surface area contributed by atoms with Gasteiger partial charge in [-0.1, -0.05) is 0 Å². The Kier molecular flexibility index (Phi) is 5.12. The van der Waals surface area contributed by atoms with Crippen LogP contribution in [0.3, 0.4) is 0 Å². The summed E-state index contributed by atoms with van der Waals surface area (Å²) >= 11 is 0. The molecule has 2 aliphatic rings. The topological polar surface area (TPSA) is 161 Å². The number of rotatable bonds is 6. The molecule has 31 heavy (non-hydrogen) atoms. The number of ether oxygens (including phenoxy) is 1. The van der Waals surface area contributed by atoms with Crippen molar-refractivity contribution in [1.82, 2.24) is 20.3 Å². The molecule has 11 nitrogen and oxygen atoms in total. The minimum Gasteiger partial charge on any atom is -0.380 e. The molecule has 1 aliphatic carbocycles. The summed E-state index contributed by atoms with van der Waals surface area (Å²) in [5, 5.41) is 18.8. The Morgan fingerprint density at radius 3 is 2.87 bits per heavy atom. The third-order valence-electron chi connectivity index (χ3n) is 5.95. The average molecular weight is 424 g/mol. The van der Waals surface area contributed by atoms with Crippen molar-refractivity contribution in [2.24, 2.45) is 11.5 Å². The highest BCUT2D eigenvalue weighted by Crippen LogP contribution is 2.28. The molecule has 3 aromatic rings. The Balaban J connectivity index is 1.40. The molecule has 162 valence electrons. The van der Waals surface area contributed by atoms with E-state index >= 15 is 0 Å². The molecular weight excluding hydrogens is 398 g/mol. The highest BCUT2D eigenvalue weighted by molar-refractivity contribution is 5.96. The molecule has 1 aliphatic heterocycles. The molecule has 5 rings (SSSR count). The van der Waals surface area contributed by atoms with Crippen molar-refractivity contribution >= 4 is 34.3 Å². The first-order chi connectivity index (χ1) is 15.1. The molecule has 0 radical (unpaired) electrons. The number of nitrogens with two attached hydrogens (primary N) is 2. The van der Waals surface area contributed by atoms with Gasteiger partial charge >= 0.3 is 0 Å². The van der Waals surface area contributed by atoms with Crippen molar-refractivity contribution < 1.29 is 14.2 Å². The number of benzene rings is 1. The number of carbonyl (C=O) groups excluding carboxylic acids is 1. The lowest BCUT2D eigenvalue weighted by molar-refractivity contribution is -0.780. The minimum atomic E-state index is -0.706. The molecule has 0 unspecified atom stereocenters. The summed E-state index contributed by atoms with van der Waals surface area (Å²) in [6.07, 6.45) is 6.51. The van der Waals surface area contributed by atoms with Gasteiger partial charge < -0.3 is 26.8 Å². The van der Waals surface area contributed by atoms with Gasteiger partial charge in [-0.25, -0.2) is 0 Å². The maximum Gasteiger partial charge on any atom is 0.273 e. The van der Waals surface area contributed by atoms with Gasteiger partial charge in [0, 0.05) is 37.2 Å². The zero-order valence-electron chi connectivity index (χ0n) is 17.0. The van der Waals surface area contributed by atoms with Crippen LogP contribution in [0.2, 0.25) is 0 Å². The number of carbonyl (C=O) groups is 1. The molecule has 1 saturated carbocycles. The molecule has 0 bridgehead atoms. The summed E-state index contributed by atoms with van der Waals surface area (Å²) in [4.78, 5) is 16.3. The molecule has 1 aromatic carbocycles. The Labute approximate surface area is 178 Å². The number of nitrogens with zero attached hydrogens (tertiary/aromatic N) is 4. The summed E-state index contributed by atoms with van der Waals surface area (Å²) in [6, 6.07) is 6.23. The molecule has 1 saturated heterocycles. The van der Waals surface area contributed by atoms with Crippen LogP contribution in [-0.2, 0) is 4.74 Å². The number of amides is 1. The van der Waals surface area contributed by atoms with Gasteiger partial charge in [-0.15, -0.1) is 14.9 Å². The number of aromatic nitrogens is 5. The molecule has 0 spiro atoms. The van der Waals surface area contributed by atoms with E-state index in [1.807, 2.05) is 18.2 Å². The van der Waals surface area contributed by atoms with Gasteiger partial charge in [0.05, 0.1) is 12.0 Å². The summed E-state index contributed by atoms with van der Waals surface area (Å²) < 4.78 is 7.53. The molecule has 2 atom stereocenters. The lowest BCUT2D eigenvalue weighted by Gasteiger charge is -2.29. The SMILES string of the molecule is NC(=O)c1nnc(N[C@@H]2CCOC[C@@H]2N)nc1Nc1ccc2[nH][n+](C3CCC3)cc2c1. The number of H-pyrrole nitrogens is 1. The van der Waals surface area contributed by atoms with Crippen LogP contribution in [-0.4, -0.2) is 51.5 Å². The van der Waals surface area contributed by atoms with Crippen LogP contribution in [0.15, 0.2) is 24.4 Å². The van der Waals surface area contributed by atoms with Gasteiger partial charge in [-0.2, -0.15) is 10.1 Å². The second-order valence-electron chi connectivity index (χ2n) is 8.14. The van der Waals surface area contributed by atoms with E-state index in [0.717, 1.165) is 23.0 Å². The van der Waals surface area contributed by atoms with Crippen LogP contribution in [0, 0.1) is 0 Å². The van der Waals surface area contributed by atoms with E-state index < -0.39 is 5.91 Å². The lowest BCUT2D eigenvalue weighted by Crippen LogP contribution is -2.48. The third kappa shape index (κ3) is 4.01. The standard InChI is InChI=1S/C20H25N9O2/c21-14-10-31-7-6-16(14)24-20-25-19(17(18(22)30)26-27-20)23-12-4-5-15-11(8-12)9-29(28-15)13-2-1-3-13/h4-5,8-9,13-14,16H,1-3,6-7,10,21H2,(H4,22,23,24,25,27,30)/p+1/t14-,16+/m0/s1. The fourth-order valence-corrected chi connectivity index (χ4v) is 3.91. The number of fused-ring (bicyclic) bond motifs is 1. The van der Waals surface area contributed by atoms with Crippen LogP contribution >= 0.6 is 0 Å². The van der Waals surface area contributed by atoms with Gasteiger partial charge in [0.1, 0.15) is 5.52 Å². The van der Waals surface area contributed by atoms with E-state index in [9.17, 15) is 4.79 Å². The van der Waals surface area contributed by atoms with E-state index in [0.29, 0.717) is 19.3 Å². The Morgan fingerprint density at radius 1 is 1.26 bits per heavy atom. The largest absolute Gasteiger partial charge is 0.380 e. The lowest BCUT2D eigenvalue weighted by atomic mass is 9.93. The van der Waals surface area contributed by atoms with E-state index in [1.165, 1.54) is 19.3 Å². The molecule has 11 heteroatoms. The van der Waals surface area contributed by atoms with Crippen LogP contribution in [0.5, 0.6) is 0 Å². The summed E-state index contributed by atoms with van der Waals surface area (Å²) in [5.74, 6) is -0.185. The van der Waals surface area contributed by atoms with Gasteiger partial charge in [0.15, 0.2) is 17.6 Å². The number of hydrogen-bond acceptors (Lipinski definition) is 8. The maximum absolute atomic E-state index is 11.9. The number of aromatic amines is 1. The molecule has 2 aromatic heterocycles. The highest BCUT2D eigenvalue weighted by atomic mass is 16.5. The zero-order chi connectivity index (χ0) is 21.4.